The summed E-state index contributed by atoms with van der Waals surface area (Å²) in [7, 11) is 0. The molecule has 2 N–H and O–H groups in total. The Labute approximate surface area is 188 Å². The van der Waals surface area contributed by atoms with Gasteiger partial charge in [-0.25, -0.2) is 9.59 Å². The van der Waals surface area contributed by atoms with Crippen molar-refractivity contribution in [2.45, 2.75) is 12.1 Å². The Balaban J connectivity index is 0.000000171. The summed E-state index contributed by atoms with van der Waals surface area (Å²) >= 11 is 8.26. The third kappa shape index (κ3) is 5.86. The van der Waals surface area contributed by atoms with Crippen LogP contribution in [0, 0.1) is 0 Å². The highest BCUT2D eigenvalue weighted by atomic mass is 32.1. The number of thiol groups is 2. The second-order valence-electron chi connectivity index (χ2n) is 7.16. The molecule has 0 saturated carbocycles. The molecule has 0 spiro atoms. The lowest BCUT2D eigenvalue weighted by atomic mass is 10.1. The van der Waals surface area contributed by atoms with E-state index >= 15 is 0 Å². The van der Waals surface area contributed by atoms with Gasteiger partial charge in [0, 0.05) is 37.7 Å². The summed E-state index contributed by atoms with van der Waals surface area (Å²) in [6, 6.07) is 20.3. The average Bonchev–Trinajstić information content (AvgIpc) is 3.33. The summed E-state index contributed by atoms with van der Waals surface area (Å²) in [4.78, 5) is 26.7. The zero-order valence-corrected chi connectivity index (χ0v) is 18.6. The van der Waals surface area contributed by atoms with Crippen molar-refractivity contribution in [3.05, 3.63) is 71.8 Å². The van der Waals surface area contributed by atoms with Gasteiger partial charge in [0.2, 0.25) is 0 Å². The second-order valence-corrected chi connectivity index (χ2v) is 8.06. The molecule has 2 aliphatic rings. The van der Waals surface area contributed by atoms with Crippen LogP contribution in [0.5, 0.6) is 0 Å². The maximum atomic E-state index is 11.5. The molecule has 4 amide bonds. The topological polar surface area (TPSA) is 64.7 Å². The molecule has 2 fully saturated rings. The molecule has 2 aliphatic heterocycles. The number of hydrogen-bond donors (Lipinski definition) is 4. The van der Waals surface area contributed by atoms with Crippen LogP contribution in [0.15, 0.2) is 60.7 Å². The van der Waals surface area contributed by atoms with Crippen molar-refractivity contribution < 1.29 is 9.59 Å². The number of carbonyl (C=O) groups excluding carboxylic acids is 2. The molecule has 6 nitrogen and oxygen atoms in total. The third-order valence-corrected chi connectivity index (χ3v) is 5.52. The van der Waals surface area contributed by atoms with Crippen LogP contribution in [0.2, 0.25) is 0 Å². The minimum Gasteiger partial charge on any atom is -0.329 e. The van der Waals surface area contributed by atoms with E-state index in [9.17, 15) is 9.59 Å². The predicted octanol–water partition coefficient (Wildman–Crippen LogP) is 3.37. The van der Waals surface area contributed by atoms with E-state index in [0.717, 1.165) is 24.2 Å². The fraction of sp³-hybridized carbons (Fsp3) is 0.364. The maximum absolute atomic E-state index is 11.5. The molecule has 0 aliphatic carbocycles. The van der Waals surface area contributed by atoms with Crippen molar-refractivity contribution in [3.8, 4) is 0 Å². The first-order valence-electron chi connectivity index (χ1n) is 10.0. The summed E-state index contributed by atoms with van der Waals surface area (Å²) in [5.74, 6) is 1.41. The fourth-order valence-electron chi connectivity index (χ4n) is 3.55. The summed E-state index contributed by atoms with van der Waals surface area (Å²) in [6.07, 6.45) is 0. The van der Waals surface area contributed by atoms with Gasteiger partial charge in [0.15, 0.2) is 0 Å². The summed E-state index contributed by atoms with van der Waals surface area (Å²) in [5, 5.41) is 5.92. The lowest BCUT2D eigenvalue weighted by Gasteiger charge is -2.12. The van der Waals surface area contributed by atoms with Crippen molar-refractivity contribution in [2.75, 3.05) is 37.7 Å². The highest BCUT2D eigenvalue weighted by Gasteiger charge is 2.29. The standard InChI is InChI=1S/2C11H14N2OS/c2*14-11-12-10(8-13(11)6-7-15)9-4-2-1-3-5-9/h2*1-5,10,15H,6-8H2,(H,12,14)/t2*10-/m10/s1. The van der Waals surface area contributed by atoms with Crippen molar-refractivity contribution >= 4 is 37.3 Å². The first-order chi connectivity index (χ1) is 14.6. The van der Waals surface area contributed by atoms with E-state index < -0.39 is 0 Å². The Kier molecular flexibility index (Phi) is 8.33. The molecule has 2 heterocycles. The summed E-state index contributed by atoms with van der Waals surface area (Å²) in [5.41, 5.74) is 2.32. The van der Waals surface area contributed by atoms with Crippen molar-refractivity contribution in [3.63, 3.8) is 0 Å². The molecule has 0 bridgehead atoms. The fourth-order valence-corrected chi connectivity index (χ4v) is 4.04. The van der Waals surface area contributed by atoms with E-state index in [1.54, 1.807) is 9.80 Å². The number of urea groups is 2. The van der Waals surface area contributed by atoms with Gasteiger partial charge in [-0.05, 0) is 11.1 Å². The first-order valence-corrected chi connectivity index (χ1v) is 11.3. The van der Waals surface area contributed by atoms with Crippen LogP contribution in [0.3, 0.4) is 0 Å². The van der Waals surface area contributed by atoms with Gasteiger partial charge in [-0.15, -0.1) is 0 Å². The van der Waals surface area contributed by atoms with Crippen LogP contribution in [0.25, 0.3) is 0 Å². The molecule has 2 atom stereocenters. The van der Waals surface area contributed by atoms with Crippen LogP contribution < -0.4 is 10.6 Å². The molecule has 30 heavy (non-hydrogen) atoms. The molecule has 4 rings (SSSR count). The van der Waals surface area contributed by atoms with Crippen LogP contribution in [0.4, 0.5) is 9.59 Å². The normalized spacial score (nSPS) is 20.5. The maximum Gasteiger partial charge on any atom is 0.318 e. The van der Waals surface area contributed by atoms with Gasteiger partial charge < -0.3 is 20.4 Å². The van der Waals surface area contributed by atoms with Crippen molar-refractivity contribution in [2.24, 2.45) is 0 Å². The van der Waals surface area contributed by atoms with Gasteiger partial charge in [0.05, 0.1) is 12.1 Å². The molecule has 160 valence electrons. The molecule has 0 aromatic heterocycles. The van der Waals surface area contributed by atoms with E-state index in [1.807, 2.05) is 60.7 Å². The van der Waals surface area contributed by atoms with E-state index in [2.05, 4.69) is 35.9 Å². The van der Waals surface area contributed by atoms with Gasteiger partial charge in [-0.1, -0.05) is 60.7 Å². The monoisotopic (exact) mass is 444 g/mol. The van der Waals surface area contributed by atoms with Crippen LogP contribution in [-0.4, -0.2) is 59.5 Å². The first kappa shape index (κ1) is 22.4. The number of nitrogens with zero attached hydrogens (tertiary/aromatic N) is 2. The van der Waals surface area contributed by atoms with E-state index in [1.165, 1.54) is 0 Å². The molecule has 0 unspecified atom stereocenters. The quantitative estimate of drug-likeness (QED) is 0.516. The number of hydrogen-bond acceptors (Lipinski definition) is 4. The van der Waals surface area contributed by atoms with Crippen LogP contribution in [0.1, 0.15) is 23.2 Å². The summed E-state index contributed by atoms with van der Waals surface area (Å²) in [6.45, 7) is 2.89. The Morgan fingerprint density at radius 2 is 1.07 bits per heavy atom. The van der Waals surface area contributed by atoms with Crippen molar-refractivity contribution in [1.82, 2.24) is 20.4 Å². The van der Waals surface area contributed by atoms with E-state index in [4.69, 9.17) is 0 Å². The number of carbonyl (C=O) groups is 2. The largest absolute Gasteiger partial charge is 0.329 e. The molecule has 2 aromatic carbocycles. The molecule has 0 radical (unpaired) electrons. The van der Waals surface area contributed by atoms with E-state index in [0.29, 0.717) is 24.6 Å². The summed E-state index contributed by atoms with van der Waals surface area (Å²) < 4.78 is 0. The van der Waals surface area contributed by atoms with Gasteiger partial charge in [0.25, 0.3) is 0 Å². The number of benzene rings is 2. The van der Waals surface area contributed by atoms with E-state index in [-0.39, 0.29) is 24.1 Å². The third-order valence-electron chi connectivity index (χ3n) is 5.12. The smallest absolute Gasteiger partial charge is 0.318 e. The lowest BCUT2D eigenvalue weighted by molar-refractivity contribution is 0.219. The number of nitrogens with one attached hydrogen (secondary N) is 2. The highest BCUT2D eigenvalue weighted by Crippen LogP contribution is 2.20. The van der Waals surface area contributed by atoms with Crippen molar-refractivity contribution in [1.29, 1.82) is 0 Å². The van der Waals surface area contributed by atoms with Gasteiger partial charge >= 0.3 is 12.1 Å². The zero-order chi connectivity index (χ0) is 21.3. The Hall–Kier alpha value is -2.32. The highest BCUT2D eigenvalue weighted by molar-refractivity contribution is 7.80. The van der Waals surface area contributed by atoms with Gasteiger partial charge in [-0.2, -0.15) is 25.3 Å². The Morgan fingerprint density at radius 1 is 0.700 bits per heavy atom. The average molecular weight is 445 g/mol. The second kappa shape index (κ2) is 11.2. The predicted molar refractivity (Wildman–Crippen MR) is 126 cm³/mol. The number of rotatable bonds is 6. The molecular weight excluding hydrogens is 416 g/mol. The van der Waals surface area contributed by atoms with Crippen LogP contribution in [-0.2, 0) is 0 Å². The SMILES string of the molecule is O=C1N[C@@H](c2ccccc2)CN1CCS.O=C1N[C@H](c2ccccc2)CN1CCS. The van der Waals surface area contributed by atoms with Gasteiger partial charge in [-0.3, -0.25) is 0 Å². The molecule has 2 saturated heterocycles. The van der Waals surface area contributed by atoms with Crippen LogP contribution >= 0.6 is 25.3 Å². The minimum atomic E-state index is 0.0119. The van der Waals surface area contributed by atoms with Gasteiger partial charge in [0.1, 0.15) is 0 Å². The molecule has 2 aromatic rings. The number of amides is 4. The Morgan fingerprint density at radius 3 is 1.40 bits per heavy atom. The Bertz CT molecular complexity index is 753. The minimum absolute atomic E-state index is 0.0119. The molecular formula is C22H28N4O2S2. The molecule has 8 heteroatoms. The lowest BCUT2D eigenvalue weighted by Crippen LogP contribution is -2.29. The zero-order valence-electron chi connectivity index (χ0n) is 16.8.